The lowest BCUT2D eigenvalue weighted by atomic mass is 10.1. The van der Waals surface area contributed by atoms with Crippen molar-refractivity contribution in [2.24, 2.45) is 0 Å². The van der Waals surface area contributed by atoms with Crippen molar-refractivity contribution >= 4 is 28.4 Å². The van der Waals surface area contributed by atoms with Crippen LogP contribution in [0.15, 0.2) is 40.9 Å². The van der Waals surface area contributed by atoms with Crippen LogP contribution in [0.1, 0.15) is 11.5 Å². The predicted molar refractivity (Wildman–Crippen MR) is 101 cm³/mol. The average Bonchev–Trinajstić information content (AvgIpc) is 3.19. The first-order chi connectivity index (χ1) is 13.4. The summed E-state index contributed by atoms with van der Waals surface area (Å²) < 4.78 is 15.3. The highest BCUT2D eigenvalue weighted by Crippen LogP contribution is 2.38. The molecule has 144 valence electrons. The number of phenolic OH excluding ortho intramolecular Hbond substituents is 1. The minimum absolute atomic E-state index is 0.0224. The SMILES string of the molecule is COc1cccc(-c2noc(/C(Cl)=C/c3cc(OC)c(O)c([N+](=O)[O-])c3)n2)c1. The zero-order chi connectivity index (χ0) is 20.3. The van der Waals surface area contributed by atoms with Crippen molar-refractivity contribution in [3.63, 3.8) is 0 Å². The van der Waals surface area contributed by atoms with Crippen LogP contribution in [-0.2, 0) is 0 Å². The van der Waals surface area contributed by atoms with Gasteiger partial charge in [0.05, 0.1) is 19.1 Å². The zero-order valence-corrected chi connectivity index (χ0v) is 15.5. The Hall–Kier alpha value is -3.59. The molecule has 0 bridgehead atoms. The zero-order valence-electron chi connectivity index (χ0n) is 14.7. The molecule has 0 radical (unpaired) electrons. The molecular weight excluding hydrogens is 390 g/mol. The molecule has 9 nitrogen and oxygen atoms in total. The molecule has 3 aromatic rings. The predicted octanol–water partition coefficient (Wildman–Crippen LogP) is 4.10. The number of nitrogens with zero attached hydrogens (tertiary/aromatic N) is 3. The van der Waals surface area contributed by atoms with Crippen LogP contribution in [0.2, 0.25) is 0 Å². The van der Waals surface area contributed by atoms with Crippen LogP contribution in [0.5, 0.6) is 17.2 Å². The maximum absolute atomic E-state index is 11.1. The van der Waals surface area contributed by atoms with Gasteiger partial charge in [-0.15, -0.1) is 0 Å². The molecule has 2 aromatic carbocycles. The number of hydrogen-bond acceptors (Lipinski definition) is 8. The number of ether oxygens (including phenoxy) is 2. The number of aromatic hydroxyl groups is 1. The van der Waals surface area contributed by atoms with E-state index in [9.17, 15) is 15.2 Å². The lowest BCUT2D eigenvalue weighted by Gasteiger charge is -2.05. The number of nitro benzene ring substituents is 1. The maximum atomic E-state index is 11.1. The normalized spacial score (nSPS) is 11.3. The Morgan fingerprint density at radius 1 is 1.29 bits per heavy atom. The standard InChI is InChI=1S/C18H14ClN3O6/c1-26-12-5-3-4-11(9-12)17-20-18(28-21-17)13(19)6-10-7-14(22(24)25)16(23)15(8-10)27-2/h3-9,23H,1-2H3/b13-6-. The molecule has 0 aliphatic rings. The molecule has 0 spiro atoms. The summed E-state index contributed by atoms with van der Waals surface area (Å²) in [5, 5.41) is 24.9. The molecule has 28 heavy (non-hydrogen) atoms. The molecule has 3 rings (SSSR count). The molecular formula is C18H14ClN3O6. The Labute approximate surface area is 163 Å². The third-order valence-corrected chi connectivity index (χ3v) is 4.02. The smallest absolute Gasteiger partial charge is 0.315 e. The van der Waals surface area contributed by atoms with E-state index in [-0.39, 0.29) is 16.7 Å². The molecule has 0 aliphatic carbocycles. The number of hydrogen-bond donors (Lipinski definition) is 1. The summed E-state index contributed by atoms with van der Waals surface area (Å²) in [6, 6.07) is 9.62. The molecule has 0 fully saturated rings. The van der Waals surface area contributed by atoms with E-state index in [1.807, 2.05) is 0 Å². The van der Waals surface area contributed by atoms with Crippen LogP contribution in [-0.4, -0.2) is 34.4 Å². The lowest BCUT2D eigenvalue weighted by molar-refractivity contribution is -0.386. The summed E-state index contributed by atoms with van der Waals surface area (Å²) in [5.74, 6) is 0.323. The van der Waals surface area contributed by atoms with Crippen molar-refractivity contribution in [1.82, 2.24) is 10.1 Å². The Bertz CT molecular complexity index is 1060. The topological polar surface area (TPSA) is 121 Å². The summed E-state index contributed by atoms with van der Waals surface area (Å²) in [7, 11) is 2.83. The molecule has 1 N–H and O–H groups in total. The third-order valence-electron chi connectivity index (χ3n) is 3.75. The number of methoxy groups -OCH3 is 2. The number of rotatable bonds is 6. The summed E-state index contributed by atoms with van der Waals surface area (Å²) in [6.07, 6.45) is 1.39. The van der Waals surface area contributed by atoms with E-state index < -0.39 is 16.4 Å². The van der Waals surface area contributed by atoms with E-state index in [0.29, 0.717) is 22.7 Å². The Morgan fingerprint density at radius 3 is 2.75 bits per heavy atom. The van der Waals surface area contributed by atoms with Gasteiger partial charge in [-0.2, -0.15) is 4.98 Å². The van der Waals surface area contributed by atoms with Gasteiger partial charge in [0.15, 0.2) is 5.75 Å². The number of halogens is 1. The van der Waals surface area contributed by atoms with Crippen LogP contribution >= 0.6 is 11.6 Å². The second kappa shape index (κ2) is 7.97. The van der Waals surface area contributed by atoms with Gasteiger partial charge in [-0.25, -0.2) is 0 Å². The second-order valence-electron chi connectivity index (χ2n) is 5.50. The molecule has 0 atom stereocenters. The van der Waals surface area contributed by atoms with Crippen molar-refractivity contribution in [2.75, 3.05) is 14.2 Å². The molecule has 0 amide bonds. The van der Waals surface area contributed by atoms with Gasteiger partial charge in [0.2, 0.25) is 11.6 Å². The van der Waals surface area contributed by atoms with Gasteiger partial charge < -0.3 is 19.1 Å². The fourth-order valence-corrected chi connectivity index (χ4v) is 2.60. The maximum Gasteiger partial charge on any atom is 0.315 e. The van der Waals surface area contributed by atoms with Crippen molar-refractivity contribution < 1.29 is 24.0 Å². The minimum Gasteiger partial charge on any atom is -0.500 e. The fourth-order valence-electron chi connectivity index (χ4n) is 2.40. The van der Waals surface area contributed by atoms with E-state index in [1.165, 1.54) is 19.3 Å². The Morgan fingerprint density at radius 2 is 2.07 bits per heavy atom. The van der Waals surface area contributed by atoms with Gasteiger partial charge >= 0.3 is 5.69 Å². The average molecular weight is 404 g/mol. The van der Waals surface area contributed by atoms with Gasteiger partial charge in [0.1, 0.15) is 10.8 Å². The first-order valence-corrected chi connectivity index (χ1v) is 8.21. The number of phenols is 1. The lowest BCUT2D eigenvalue weighted by Crippen LogP contribution is -1.93. The van der Waals surface area contributed by atoms with E-state index >= 15 is 0 Å². The number of aromatic nitrogens is 2. The van der Waals surface area contributed by atoms with E-state index in [0.717, 1.165) is 6.07 Å². The van der Waals surface area contributed by atoms with E-state index in [1.54, 1.807) is 31.4 Å². The van der Waals surface area contributed by atoms with Crippen LogP contribution in [0.3, 0.4) is 0 Å². The third kappa shape index (κ3) is 3.89. The molecule has 0 saturated carbocycles. The summed E-state index contributed by atoms with van der Waals surface area (Å²) in [5.41, 5.74) is 0.464. The molecule has 10 heteroatoms. The van der Waals surface area contributed by atoms with Gasteiger partial charge in [-0.1, -0.05) is 28.9 Å². The highest BCUT2D eigenvalue weighted by Gasteiger charge is 2.20. The van der Waals surface area contributed by atoms with E-state index in [4.69, 9.17) is 25.6 Å². The second-order valence-corrected chi connectivity index (χ2v) is 5.90. The highest BCUT2D eigenvalue weighted by atomic mass is 35.5. The number of benzene rings is 2. The van der Waals surface area contributed by atoms with Gasteiger partial charge in [0, 0.05) is 11.6 Å². The largest absolute Gasteiger partial charge is 0.500 e. The van der Waals surface area contributed by atoms with Crippen LogP contribution in [0.4, 0.5) is 5.69 Å². The van der Waals surface area contributed by atoms with E-state index in [2.05, 4.69) is 10.1 Å². The Balaban J connectivity index is 1.95. The van der Waals surface area contributed by atoms with Crippen molar-refractivity contribution in [3.05, 3.63) is 58.0 Å². The monoisotopic (exact) mass is 403 g/mol. The van der Waals surface area contributed by atoms with Crippen molar-refractivity contribution in [3.8, 4) is 28.6 Å². The first kappa shape index (κ1) is 19.2. The molecule has 1 aromatic heterocycles. The van der Waals surface area contributed by atoms with Crippen molar-refractivity contribution in [2.45, 2.75) is 0 Å². The van der Waals surface area contributed by atoms with Crippen LogP contribution in [0, 0.1) is 10.1 Å². The quantitative estimate of drug-likeness (QED) is 0.482. The summed E-state index contributed by atoms with van der Waals surface area (Å²) >= 11 is 6.23. The minimum atomic E-state index is -0.726. The first-order valence-electron chi connectivity index (χ1n) is 7.84. The van der Waals surface area contributed by atoms with Crippen LogP contribution < -0.4 is 9.47 Å². The van der Waals surface area contributed by atoms with Gasteiger partial charge in [-0.05, 0) is 29.8 Å². The van der Waals surface area contributed by atoms with Gasteiger partial charge in [0.25, 0.3) is 5.89 Å². The van der Waals surface area contributed by atoms with Crippen molar-refractivity contribution in [1.29, 1.82) is 0 Å². The Kier molecular flexibility index (Phi) is 5.46. The summed E-state index contributed by atoms with van der Waals surface area (Å²) in [4.78, 5) is 14.6. The molecule has 0 saturated heterocycles. The van der Waals surface area contributed by atoms with Crippen LogP contribution in [0.25, 0.3) is 22.5 Å². The molecule has 0 aliphatic heterocycles. The summed E-state index contributed by atoms with van der Waals surface area (Å²) in [6.45, 7) is 0. The molecule has 0 unspecified atom stereocenters. The molecule has 1 heterocycles. The number of nitro groups is 1. The highest BCUT2D eigenvalue weighted by molar-refractivity contribution is 6.50. The van der Waals surface area contributed by atoms with Gasteiger partial charge in [-0.3, -0.25) is 10.1 Å². The fraction of sp³-hybridized carbons (Fsp3) is 0.111.